The van der Waals surface area contributed by atoms with Crippen molar-refractivity contribution in [2.45, 2.75) is 11.4 Å². The number of nitrogens with zero attached hydrogens (tertiary/aromatic N) is 2. The standard InChI is InChI=1S/C20H23N3O3S/c1-22(2)13-15-3-5-16(6-4-15)17-7-9-19(10-8-17)27(25,26)23-12-11-18(14-23)20(21)24/h3-11H,12-14H2,1-2H3,(H2,21,24). The lowest BCUT2D eigenvalue weighted by Gasteiger charge is -2.16. The normalized spacial score (nSPS) is 15.1. The molecule has 0 spiro atoms. The minimum Gasteiger partial charge on any atom is -0.366 e. The highest BCUT2D eigenvalue weighted by Gasteiger charge is 2.29. The fourth-order valence-electron chi connectivity index (χ4n) is 3.03. The number of primary amides is 1. The van der Waals surface area contributed by atoms with Crippen molar-refractivity contribution in [3.63, 3.8) is 0 Å². The smallest absolute Gasteiger partial charge is 0.245 e. The fourth-order valence-corrected chi connectivity index (χ4v) is 4.39. The lowest BCUT2D eigenvalue weighted by molar-refractivity contribution is -0.114. The second-order valence-electron chi connectivity index (χ2n) is 6.85. The fraction of sp³-hybridized carbons (Fsp3) is 0.250. The molecule has 3 rings (SSSR count). The number of hydrogen-bond donors (Lipinski definition) is 1. The highest BCUT2D eigenvalue weighted by molar-refractivity contribution is 7.89. The molecule has 0 aromatic heterocycles. The van der Waals surface area contributed by atoms with Crippen molar-refractivity contribution in [1.29, 1.82) is 0 Å². The molecule has 1 amide bonds. The van der Waals surface area contributed by atoms with Gasteiger partial charge in [0.05, 0.1) is 4.90 Å². The van der Waals surface area contributed by atoms with Gasteiger partial charge in [0.1, 0.15) is 0 Å². The highest BCUT2D eigenvalue weighted by Crippen LogP contribution is 2.25. The summed E-state index contributed by atoms with van der Waals surface area (Å²) in [6, 6.07) is 15.0. The van der Waals surface area contributed by atoms with E-state index >= 15 is 0 Å². The summed E-state index contributed by atoms with van der Waals surface area (Å²) >= 11 is 0. The van der Waals surface area contributed by atoms with Gasteiger partial charge in [-0.3, -0.25) is 4.79 Å². The van der Waals surface area contributed by atoms with Gasteiger partial charge in [-0.15, -0.1) is 0 Å². The molecule has 0 bridgehead atoms. The Balaban J connectivity index is 1.76. The predicted molar refractivity (Wildman–Crippen MR) is 105 cm³/mol. The number of hydrogen-bond acceptors (Lipinski definition) is 4. The van der Waals surface area contributed by atoms with Gasteiger partial charge < -0.3 is 10.6 Å². The molecule has 0 aliphatic carbocycles. The van der Waals surface area contributed by atoms with E-state index in [1.807, 2.05) is 26.2 Å². The van der Waals surface area contributed by atoms with Crippen LogP contribution in [0.5, 0.6) is 0 Å². The van der Waals surface area contributed by atoms with E-state index < -0.39 is 15.9 Å². The van der Waals surface area contributed by atoms with E-state index in [1.165, 1.54) is 9.87 Å². The Morgan fingerprint density at radius 3 is 2.07 bits per heavy atom. The van der Waals surface area contributed by atoms with Crippen LogP contribution in [0, 0.1) is 0 Å². The topological polar surface area (TPSA) is 83.7 Å². The Kier molecular flexibility index (Phi) is 5.46. The van der Waals surface area contributed by atoms with Crippen LogP contribution in [0.4, 0.5) is 0 Å². The van der Waals surface area contributed by atoms with Crippen LogP contribution in [0.15, 0.2) is 65.1 Å². The average Bonchev–Trinajstić information content (AvgIpc) is 3.13. The van der Waals surface area contributed by atoms with Crippen LogP contribution >= 0.6 is 0 Å². The molecule has 0 unspecified atom stereocenters. The molecule has 2 N–H and O–H groups in total. The molecule has 0 atom stereocenters. The van der Waals surface area contributed by atoms with Gasteiger partial charge in [0.15, 0.2) is 0 Å². The maximum atomic E-state index is 12.7. The zero-order valence-electron chi connectivity index (χ0n) is 15.4. The van der Waals surface area contributed by atoms with Gasteiger partial charge in [-0.05, 0) is 42.9 Å². The Labute approximate surface area is 159 Å². The van der Waals surface area contributed by atoms with Crippen LogP contribution in [0.1, 0.15) is 5.56 Å². The molecule has 0 fully saturated rings. The maximum Gasteiger partial charge on any atom is 0.245 e. The lowest BCUT2D eigenvalue weighted by Crippen LogP contribution is -2.30. The molecule has 0 saturated carbocycles. The van der Waals surface area contributed by atoms with Gasteiger partial charge in [0, 0.05) is 25.2 Å². The first-order chi connectivity index (χ1) is 12.8. The van der Waals surface area contributed by atoms with Crippen molar-refractivity contribution >= 4 is 15.9 Å². The van der Waals surface area contributed by atoms with E-state index in [-0.39, 0.29) is 18.0 Å². The Morgan fingerprint density at radius 2 is 1.59 bits per heavy atom. The Hall–Kier alpha value is -2.48. The molecular formula is C20H23N3O3S. The molecular weight excluding hydrogens is 362 g/mol. The summed E-state index contributed by atoms with van der Waals surface area (Å²) in [5, 5.41) is 0. The van der Waals surface area contributed by atoms with Crippen molar-refractivity contribution in [2.24, 2.45) is 5.73 Å². The number of rotatable bonds is 6. The lowest BCUT2D eigenvalue weighted by atomic mass is 10.0. The molecule has 6 nitrogen and oxygen atoms in total. The molecule has 2 aromatic rings. The third-order valence-electron chi connectivity index (χ3n) is 4.48. The summed E-state index contributed by atoms with van der Waals surface area (Å²) in [5.41, 5.74) is 8.75. The van der Waals surface area contributed by atoms with Crippen molar-refractivity contribution in [1.82, 2.24) is 9.21 Å². The zero-order chi connectivity index (χ0) is 19.6. The quantitative estimate of drug-likeness (QED) is 0.822. The number of carbonyl (C=O) groups is 1. The minimum atomic E-state index is -3.66. The summed E-state index contributed by atoms with van der Waals surface area (Å²) in [7, 11) is 0.390. The largest absolute Gasteiger partial charge is 0.366 e. The molecule has 1 aliphatic heterocycles. The molecule has 1 aliphatic rings. The zero-order valence-corrected chi connectivity index (χ0v) is 16.2. The molecule has 1 heterocycles. The van der Waals surface area contributed by atoms with Crippen LogP contribution in [0.25, 0.3) is 11.1 Å². The molecule has 2 aromatic carbocycles. The first-order valence-corrected chi connectivity index (χ1v) is 10.0. The van der Waals surface area contributed by atoms with Gasteiger partial charge in [-0.2, -0.15) is 4.31 Å². The summed E-state index contributed by atoms with van der Waals surface area (Å²) in [6.45, 7) is 1.05. The third-order valence-corrected chi connectivity index (χ3v) is 6.31. The average molecular weight is 385 g/mol. The second kappa shape index (κ2) is 7.64. The third kappa shape index (κ3) is 4.27. The maximum absolute atomic E-state index is 12.7. The van der Waals surface area contributed by atoms with Gasteiger partial charge >= 0.3 is 0 Å². The van der Waals surface area contributed by atoms with E-state index in [0.717, 1.165) is 17.7 Å². The molecule has 142 valence electrons. The van der Waals surface area contributed by atoms with E-state index in [2.05, 4.69) is 17.0 Å². The van der Waals surface area contributed by atoms with Crippen molar-refractivity contribution in [2.75, 3.05) is 27.2 Å². The van der Waals surface area contributed by atoms with Crippen LogP contribution < -0.4 is 5.73 Å². The predicted octanol–water partition coefficient (Wildman–Crippen LogP) is 1.83. The minimum absolute atomic E-state index is 0.0206. The number of benzene rings is 2. The van der Waals surface area contributed by atoms with Crippen LogP contribution in [-0.2, 0) is 21.4 Å². The highest BCUT2D eigenvalue weighted by atomic mass is 32.2. The van der Waals surface area contributed by atoms with Crippen molar-refractivity contribution in [3.05, 3.63) is 65.7 Å². The second-order valence-corrected chi connectivity index (χ2v) is 8.79. The monoisotopic (exact) mass is 385 g/mol. The van der Waals surface area contributed by atoms with Gasteiger partial charge in [-0.25, -0.2) is 8.42 Å². The molecule has 0 saturated heterocycles. The van der Waals surface area contributed by atoms with E-state index in [4.69, 9.17) is 5.73 Å². The van der Waals surface area contributed by atoms with Crippen molar-refractivity contribution in [3.8, 4) is 11.1 Å². The SMILES string of the molecule is CN(C)Cc1ccc(-c2ccc(S(=O)(=O)N3CC=C(C(N)=O)C3)cc2)cc1. The molecule has 0 radical (unpaired) electrons. The van der Waals surface area contributed by atoms with Gasteiger partial charge in [0.2, 0.25) is 15.9 Å². The Bertz CT molecular complexity index is 963. The van der Waals surface area contributed by atoms with Crippen molar-refractivity contribution < 1.29 is 13.2 Å². The van der Waals surface area contributed by atoms with Gasteiger partial charge in [0.25, 0.3) is 0 Å². The van der Waals surface area contributed by atoms with Crippen LogP contribution in [0.2, 0.25) is 0 Å². The van der Waals surface area contributed by atoms with E-state index in [1.54, 1.807) is 30.3 Å². The number of nitrogens with two attached hydrogens (primary N) is 1. The van der Waals surface area contributed by atoms with Gasteiger partial charge in [-0.1, -0.05) is 42.5 Å². The number of carbonyl (C=O) groups excluding carboxylic acids is 1. The summed E-state index contributed by atoms with van der Waals surface area (Å²) in [4.78, 5) is 13.5. The molecule has 27 heavy (non-hydrogen) atoms. The summed E-state index contributed by atoms with van der Waals surface area (Å²) in [6.07, 6.45) is 1.56. The van der Waals surface area contributed by atoms with E-state index in [9.17, 15) is 13.2 Å². The first-order valence-electron chi connectivity index (χ1n) is 8.60. The first kappa shape index (κ1) is 19.3. The molecule has 7 heteroatoms. The van der Waals surface area contributed by atoms with E-state index in [0.29, 0.717) is 5.57 Å². The number of amides is 1. The van der Waals surface area contributed by atoms with Crippen LogP contribution in [-0.4, -0.2) is 50.7 Å². The number of sulfonamides is 1. The Morgan fingerprint density at radius 1 is 1.04 bits per heavy atom. The summed E-state index contributed by atoms with van der Waals surface area (Å²) in [5.74, 6) is -0.583. The van der Waals surface area contributed by atoms with Crippen LogP contribution in [0.3, 0.4) is 0 Å². The summed E-state index contributed by atoms with van der Waals surface area (Å²) < 4.78 is 26.7.